The summed E-state index contributed by atoms with van der Waals surface area (Å²) in [6.07, 6.45) is 1.26. The van der Waals surface area contributed by atoms with Crippen LogP contribution in [0.1, 0.15) is 10.4 Å². The Morgan fingerprint density at radius 1 is 1.53 bits per heavy atom. The number of aromatic carboxylic acids is 1. The van der Waals surface area contributed by atoms with E-state index in [0.717, 1.165) is 6.07 Å². The van der Waals surface area contributed by atoms with E-state index >= 15 is 0 Å². The number of nitrogens with one attached hydrogen (secondary N) is 1. The van der Waals surface area contributed by atoms with Crippen LogP contribution in [-0.4, -0.2) is 23.2 Å². The standard InChI is InChI=1S/C10H8FNO3/c1-15-5-2-7(11)9-6(10(13)14)4-12-8(9)3-5/h2-4,12H,1H3,(H,13,14). The largest absolute Gasteiger partial charge is 0.497 e. The molecule has 0 bridgehead atoms. The van der Waals surface area contributed by atoms with Crippen LogP contribution < -0.4 is 4.74 Å². The molecule has 2 rings (SSSR count). The summed E-state index contributed by atoms with van der Waals surface area (Å²) in [4.78, 5) is 13.4. The summed E-state index contributed by atoms with van der Waals surface area (Å²) in [5, 5.41) is 8.88. The number of ether oxygens (including phenoxy) is 1. The van der Waals surface area contributed by atoms with Crippen molar-refractivity contribution in [3.8, 4) is 5.75 Å². The van der Waals surface area contributed by atoms with Gasteiger partial charge in [0.15, 0.2) is 0 Å². The molecule has 1 aromatic carbocycles. The number of aromatic nitrogens is 1. The van der Waals surface area contributed by atoms with Gasteiger partial charge in [0, 0.05) is 23.7 Å². The molecular weight excluding hydrogens is 201 g/mol. The van der Waals surface area contributed by atoms with Crippen molar-refractivity contribution < 1.29 is 19.0 Å². The van der Waals surface area contributed by atoms with E-state index < -0.39 is 11.8 Å². The number of H-pyrrole nitrogens is 1. The second-order valence-electron chi connectivity index (χ2n) is 3.04. The van der Waals surface area contributed by atoms with E-state index in [4.69, 9.17) is 9.84 Å². The van der Waals surface area contributed by atoms with Crippen molar-refractivity contribution >= 4 is 16.9 Å². The minimum absolute atomic E-state index is 0.0725. The number of carboxylic acid groups (broad SMARTS) is 1. The smallest absolute Gasteiger partial charge is 0.337 e. The highest BCUT2D eigenvalue weighted by Crippen LogP contribution is 2.26. The number of carbonyl (C=O) groups is 1. The third-order valence-corrected chi connectivity index (χ3v) is 2.17. The maximum atomic E-state index is 13.5. The van der Waals surface area contributed by atoms with Crippen LogP contribution in [0.4, 0.5) is 4.39 Å². The zero-order valence-electron chi connectivity index (χ0n) is 7.87. The summed E-state index contributed by atoms with van der Waals surface area (Å²) in [6, 6.07) is 2.70. The first-order valence-electron chi connectivity index (χ1n) is 4.21. The predicted molar refractivity (Wildman–Crippen MR) is 51.8 cm³/mol. The van der Waals surface area contributed by atoms with Gasteiger partial charge in [0.25, 0.3) is 0 Å². The second kappa shape index (κ2) is 3.27. The lowest BCUT2D eigenvalue weighted by molar-refractivity contribution is 0.0699. The molecule has 0 aliphatic heterocycles. The number of methoxy groups -OCH3 is 1. The van der Waals surface area contributed by atoms with Gasteiger partial charge in [-0.05, 0) is 0 Å². The van der Waals surface area contributed by atoms with Gasteiger partial charge in [-0.3, -0.25) is 0 Å². The first-order chi connectivity index (χ1) is 7.13. The van der Waals surface area contributed by atoms with Gasteiger partial charge in [-0.1, -0.05) is 0 Å². The number of aromatic amines is 1. The molecule has 78 valence electrons. The number of rotatable bonds is 2. The topological polar surface area (TPSA) is 62.3 Å². The first-order valence-corrected chi connectivity index (χ1v) is 4.21. The van der Waals surface area contributed by atoms with Gasteiger partial charge in [0.1, 0.15) is 11.6 Å². The number of hydrogen-bond acceptors (Lipinski definition) is 2. The second-order valence-corrected chi connectivity index (χ2v) is 3.04. The number of halogens is 1. The van der Waals surface area contributed by atoms with Gasteiger partial charge in [0.05, 0.1) is 18.2 Å². The zero-order valence-corrected chi connectivity index (χ0v) is 7.87. The van der Waals surface area contributed by atoms with Crippen molar-refractivity contribution in [3.63, 3.8) is 0 Å². The molecule has 15 heavy (non-hydrogen) atoms. The Hall–Kier alpha value is -2.04. The SMILES string of the molecule is COc1cc(F)c2c(C(=O)O)c[nH]c2c1. The van der Waals surface area contributed by atoms with Crippen molar-refractivity contribution in [3.05, 3.63) is 29.7 Å². The summed E-state index contributed by atoms with van der Waals surface area (Å²) in [7, 11) is 1.42. The van der Waals surface area contributed by atoms with E-state index in [1.54, 1.807) is 6.07 Å². The van der Waals surface area contributed by atoms with Crippen molar-refractivity contribution in [1.82, 2.24) is 4.98 Å². The minimum Gasteiger partial charge on any atom is -0.497 e. The monoisotopic (exact) mass is 209 g/mol. The maximum Gasteiger partial charge on any atom is 0.337 e. The molecular formula is C10H8FNO3. The van der Waals surface area contributed by atoms with Crippen LogP contribution in [0.2, 0.25) is 0 Å². The fourth-order valence-corrected chi connectivity index (χ4v) is 1.48. The van der Waals surface area contributed by atoms with Crippen molar-refractivity contribution in [2.75, 3.05) is 7.11 Å². The summed E-state index contributed by atoms with van der Waals surface area (Å²) < 4.78 is 18.4. The molecule has 4 nitrogen and oxygen atoms in total. The minimum atomic E-state index is -1.16. The summed E-state index contributed by atoms with van der Waals surface area (Å²) in [5.41, 5.74) is 0.328. The molecule has 1 heterocycles. The molecule has 0 aliphatic carbocycles. The molecule has 0 saturated heterocycles. The molecule has 2 aromatic rings. The molecule has 0 spiro atoms. The van der Waals surface area contributed by atoms with Crippen LogP contribution in [0, 0.1) is 5.82 Å². The molecule has 2 N–H and O–H groups in total. The molecule has 0 radical (unpaired) electrons. The average Bonchev–Trinajstić information content (AvgIpc) is 2.61. The number of hydrogen-bond donors (Lipinski definition) is 2. The Labute approximate surface area is 84.3 Å². The van der Waals surface area contributed by atoms with E-state index in [0.29, 0.717) is 11.3 Å². The van der Waals surface area contributed by atoms with Gasteiger partial charge in [-0.25, -0.2) is 9.18 Å². The van der Waals surface area contributed by atoms with Crippen molar-refractivity contribution in [2.45, 2.75) is 0 Å². The molecule has 0 unspecified atom stereocenters. The fraction of sp³-hybridized carbons (Fsp3) is 0.100. The van der Waals surface area contributed by atoms with E-state index in [9.17, 15) is 9.18 Å². The quantitative estimate of drug-likeness (QED) is 0.795. The van der Waals surface area contributed by atoms with Gasteiger partial charge in [-0.15, -0.1) is 0 Å². The number of carboxylic acids is 1. The lowest BCUT2D eigenvalue weighted by Crippen LogP contribution is -1.95. The third-order valence-electron chi connectivity index (χ3n) is 2.17. The van der Waals surface area contributed by atoms with E-state index in [1.165, 1.54) is 13.3 Å². The van der Waals surface area contributed by atoms with Crippen LogP contribution in [0.15, 0.2) is 18.3 Å². The molecule has 5 heteroatoms. The molecule has 0 fully saturated rings. The average molecular weight is 209 g/mol. The normalized spacial score (nSPS) is 10.5. The Morgan fingerprint density at radius 3 is 2.87 bits per heavy atom. The lowest BCUT2D eigenvalue weighted by Gasteiger charge is -2.01. The van der Waals surface area contributed by atoms with Crippen molar-refractivity contribution in [1.29, 1.82) is 0 Å². The maximum absolute atomic E-state index is 13.5. The van der Waals surface area contributed by atoms with Crippen LogP contribution in [0.5, 0.6) is 5.75 Å². The van der Waals surface area contributed by atoms with E-state index in [1.807, 2.05) is 0 Å². The molecule has 0 atom stereocenters. The van der Waals surface area contributed by atoms with Gasteiger partial charge >= 0.3 is 5.97 Å². The first kappa shape index (κ1) is 9.51. The number of fused-ring (bicyclic) bond motifs is 1. The van der Waals surface area contributed by atoms with E-state index in [2.05, 4.69) is 4.98 Å². The summed E-state index contributed by atoms with van der Waals surface area (Å²) in [5.74, 6) is -1.42. The fourth-order valence-electron chi connectivity index (χ4n) is 1.48. The highest BCUT2D eigenvalue weighted by Gasteiger charge is 2.15. The van der Waals surface area contributed by atoms with Crippen LogP contribution in [0.3, 0.4) is 0 Å². The van der Waals surface area contributed by atoms with Gasteiger partial charge in [-0.2, -0.15) is 0 Å². The molecule has 1 aromatic heterocycles. The van der Waals surface area contributed by atoms with Crippen LogP contribution in [0.25, 0.3) is 10.9 Å². The van der Waals surface area contributed by atoms with Crippen LogP contribution >= 0.6 is 0 Å². The summed E-state index contributed by atoms with van der Waals surface area (Å²) in [6.45, 7) is 0. The lowest BCUT2D eigenvalue weighted by atomic mass is 10.1. The van der Waals surface area contributed by atoms with Gasteiger partial charge < -0.3 is 14.8 Å². The number of benzene rings is 1. The molecule has 0 aliphatic rings. The zero-order chi connectivity index (χ0) is 11.0. The predicted octanol–water partition coefficient (Wildman–Crippen LogP) is 2.01. The Kier molecular flexibility index (Phi) is 2.07. The Bertz CT molecular complexity index is 533. The molecule has 0 saturated carbocycles. The summed E-state index contributed by atoms with van der Waals surface area (Å²) >= 11 is 0. The van der Waals surface area contributed by atoms with Crippen LogP contribution in [-0.2, 0) is 0 Å². The highest BCUT2D eigenvalue weighted by molar-refractivity contribution is 6.03. The Balaban J connectivity index is 2.77. The van der Waals surface area contributed by atoms with Crippen molar-refractivity contribution in [2.24, 2.45) is 0 Å². The highest BCUT2D eigenvalue weighted by atomic mass is 19.1. The van der Waals surface area contributed by atoms with Gasteiger partial charge in [0.2, 0.25) is 0 Å². The Morgan fingerprint density at radius 2 is 2.27 bits per heavy atom. The third kappa shape index (κ3) is 1.41. The molecule has 0 amide bonds. The van der Waals surface area contributed by atoms with E-state index in [-0.39, 0.29) is 10.9 Å².